The first kappa shape index (κ1) is 21.7. The van der Waals surface area contributed by atoms with Crippen LogP contribution in [0.4, 0.5) is 5.69 Å². The van der Waals surface area contributed by atoms with E-state index in [1.165, 1.54) is 19.2 Å². The molecule has 8 heteroatoms. The maximum absolute atomic E-state index is 12.4. The number of amides is 1. The summed E-state index contributed by atoms with van der Waals surface area (Å²) in [5.41, 5.74) is 1.11. The standard InChI is InChI=1S/C20H26N2O5S/c1-4-5-11-21-28(24,25)18-8-6-7-16(13-18)22-20(23)12-15-9-10-17(26-2)14-19(15)27-3/h6-10,13-14,21H,4-5,11-12H2,1-3H3,(H,22,23). The number of hydrogen-bond acceptors (Lipinski definition) is 5. The summed E-state index contributed by atoms with van der Waals surface area (Å²) in [6.45, 7) is 2.37. The van der Waals surface area contributed by atoms with Crippen LogP contribution in [-0.4, -0.2) is 35.1 Å². The van der Waals surface area contributed by atoms with Gasteiger partial charge in [0.2, 0.25) is 15.9 Å². The van der Waals surface area contributed by atoms with Crippen molar-refractivity contribution in [3.8, 4) is 11.5 Å². The van der Waals surface area contributed by atoms with E-state index in [1.807, 2.05) is 6.92 Å². The molecule has 0 spiro atoms. The molecule has 2 aromatic rings. The van der Waals surface area contributed by atoms with E-state index in [0.29, 0.717) is 29.3 Å². The van der Waals surface area contributed by atoms with Gasteiger partial charge >= 0.3 is 0 Å². The van der Waals surface area contributed by atoms with Crippen molar-refractivity contribution < 1.29 is 22.7 Å². The van der Waals surface area contributed by atoms with Crippen molar-refractivity contribution in [1.29, 1.82) is 0 Å². The molecular weight excluding hydrogens is 380 g/mol. The molecule has 0 saturated carbocycles. The lowest BCUT2D eigenvalue weighted by Gasteiger charge is -2.12. The topological polar surface area (TPSA) is 93.7 Å². The first-order valence-electron chi connectivity index (χ1n) is 9.00. The van der Waals surface area contributed by atoms with Crippen LogP contribution in [0, 0.1) is 0 Å². The van der Waals surface area contributed by atoms with Crippen molar-refractivity contribution in [2.24, 2.45) is 0 Å². The van der Waals surface area contributed by atoms with Crippen LogP contribution in [0.5, 0.6) is 11.5 Å². The number of ether oxygens (including phenoxy) is 2. The van der Waals surface area contributed by atoms with Crippen molar-refractivity contribution in [2.45, 2.75) is 31.1 Å². The summed E-state index contributed by atoms with van der Waals surface area (Å²) in [7, 11) is -0.525. The molecule has 0 aromatic heterocycles. The molecule has 2 rings (SSSR count). The molecule has 0 radical (unpaired) electrons. The molecule has 0 heterocycles. The molecular formula is C20H26N2O5S. The van der Waals surface area contributed by atoms with Gasteiger partial charge in [-0.3, -0.25) is 4.79 Å². The normalized spacial score (nSPS) is 11.1. The molecule has 0 aliphatic rings. The summed E-state index contributed by atoms with van der Waals surface area (Å²) in [5, 5.41) is 2.73. The fourth-order valence-electron chi connectivity index (χ4n) is 2.58. The van der Waals surface area contributed by atoms with Crippen LogP contribution >= 0.6 is 0 Å². The molecule has 2 N–H and O–H groups in total. The summed E-state index contributed by atoms with van der Waals surface area (Å²) in [4.78, 5) is 12.5. The predicted octanol–water partition coefficient (Wildman–Crippen LogP) is 2.96. The van der Waals surface area contributed by atoms with Crippen LogP contribution in [0.3, 0.4) is 0 Å². The Kier molecular flexibility index (Phi) is 7.83. The monoisotopic (exact) mass is 406 g/mol. The minimum Gasteiger partial charge on any atom is -0.497 e. The highest BCUT2D eigenvalue weighted by Crippen LogP contribution is 2.25. The van der Waals surface area contributed by atoms with Crippen molar-refractivity contribution >= 4 is 21.6 Å². The molecule has 0 saturated heterocycles. The van der Waals surface area contributed by atoms with Gasteiger partial charge in [0.05, 0.1) is 25.5 Å². The number of nitrogens with one attached hydrogen (secondary N) is 2. The smallest absolute Gasteiger partial charge is 0.240 e. The Bertz CT molecular complexity index is 913. The Balaban J connectivity index is 2.09. The van der Waals surface area contributed by atoms with Gasteiger partial charge in [-0.25, -0.2) is 13.1 Å². The molecule has 0 unspecified atom stereocenters. The van der Waals surface area contributed by atoms with Gasteiger partial charge in [0.15, 0.2) is 0 Å². The van der Waals surface area contributed by atoms with Gasteiger partial charge in [-0.15, -0.1) is 0 Å². The van der Waals surface area contributed by atoms with E-state index < -0.39 is 10.0 Å². The second-order valence-corrected chi connectivity index (χ2v) is 7.95. The predicted molar refractivity (Wildman–Crippen MR) is 108 cm³/mol. The largest absolute Gasteiger partial charge is 0.497 e. The highest BCUT2D eigenvalue weighted by atomic mass is 32.2. The Labute approximate surface area is 166 Å². The lowest BCUT2D eigenvalue weighted by molar-refractivity contribution is -0.115. The van der Waals surface area contributed by atoms with Gasteiger partial charge in [0, 0.05) is 23.9 Å². The number of unbranched alkanes of at least 4 members (excludes halogenated alkanes) is 1. The second-order valence-electron chi connectivity index (χ2n) is 6.18. The molecule has 28 heavy (non-hydrogen) atoms. The minimum atomic E-state index is -3.60. The van der Waals surface area contributed by atoms with E-state index in [4.69, 9.17) is 9.47 Å². The van der Waals surface area contributed by atoms with Crippen LogP contribution in [0.25, 0.3) is 0 Å². The Morgan fingerprint density at radius 2 is 1.86 bits per heavy atom. The molecule has 1 amide bonds. The zero-order valence-corrected chi connectivity index (χ0v) is 17.1. The summed E-state index contributed by atoms with van der Waals surface area (Å²) >= 11 is 0. The van der Waals surface area contributed by atoms with Crippen LogP contribution in [0.2, 0.25) is 0 Å². The molecule has 152 valence electrons. The molecule has 0 atom stereocenters. The van der Waals surface area contributed by atoms with Gasteiger partial charge in [0.1, 0.15) is 11.5 Å². The Hall–Kier alpha value is -2.58. The maximum atomic E-state index is 12.4. The highest BCUT2D eigenvalue weighted by molar-refractivity contribution is 7.89. The van der Waals surface area contributed by atoms with Crippen LogP contribution < -0.4 is 19.5 Å². The lowest BCUT2D eigenvalue weighted by atomic mass is 10.1. The summed E-state index contributed by atoms with van der Waals surface area (Å²) < 4.78 is 37.7. The zero-order valence-electron chi connectivity index (χ0n) is 16.3. The maximum Gasteiger partial charge on any atom is 0.240 e. The van der Waals surface area contributed by atoms with E-state index in [-0.39, 0.29) is 17.2 Å². The van der Waals surface area contributed by atoms with Crippen LogP contribution in [-0.2, 0) is 21.2 Å². The summed E-state index contributed by atoms with van der Waals surface area (Å²) in [5.74, 6) is 0.900. The molecule has 0 bridgehead atoms. The van der Waals surface area contributed by atoms with E-state index in [0.717, 1.165) is 12.8 Å². The quantitative estimate of drug-likeness (QED) is 0.592. The zero-order chi connectivity index (χ0) is 20.6. The molecule has 0 aliphatic carbocycles. The number of methoxy groups -OCH3 is 2. The Morgan fingerprint density at radius 3 is 2.54 bits per heavy atom. The third kappa shape index (κ3) is 5.97. The van der Waals surface area contributed by atoms with Gasteiger partial charge in [0.25, 0.3) is 0 Å². The number of hydrogen-bond donors (Lipinski definition) is 2. The number of rotatable bonds is 10. The average molecular weight is 407 g/mol. The number of sulfonamides is 1. The van der Waals surface area contributed by atoms with Gasteiger partial charge < -0.3 is 14.8 Å². The van der Waals surface area contributed by atoms with E-state index >= 15 is 0 Å². The first-order valence-corrected chi connectivity index (χ1v) is 10.5. The molecule has 7 nitrogen and oxygen atoms in total. The lowest BCUT2D eigenvalue weighted by Crippen LogP contribution is -2.25. The number of carbonyl (C=O) groups excluding carboxylic acids is 1. The number of carbonyl (C=O) groups is 1. The third-order valence-corrected chi connectivity index (χ3v) is 5.55. The first-order chi connectivity index (χ1) is 13.4. The Morgan fingerprint density at radius 1 is 1.07 bits per heavy atom. The number of anilines is 1. The van der Waals surface area contributed by atoms with E-state index in [9.17, 15) is 13.2 Å². The highest BCUT2D eigenvalue weighted by Gasteiger charge is 2.15. The van der Waals surface area contributed by atoms with Crippen LogP contribution in [0.1, 0.15) is 25.3 Å². The molecule has 0 fully saturated rings. The fraction of sp³-hybridized carbons (Fsp3) is 0.350. The van der Waals surface area contributed by atoms with Gasteiger partial charge in [-0.2, -0.15) is 0 Å². The van der Waals surface area contributed by atoms with Crippen LogP contribution in [0.15, 0.2) is 47.4 Å². The minimum absolute atomic E-state index is 0.0822. The van der Waals surface area contributed by atoms with Crippen molar-refractivity contribution in [3.63, 3.8) is 0 Å². The molecule has 0 aliphatic heterocycles. The second kappa shape index (κ2) is 10.1. The third-order valence-electron chi connectivity index (χ3n) is 4.10. The summed E-state index contributed by atoms with van der Waals surface area (Å²) in [6, 6.07) is 11.4. The van der Waals surface area contributed by atoms with Crippen molar-refractivity contribution in [3.05, 3.63) is 48.0 Å². The average Bonchev–Trinajstić information content (AvgIpc) is 2.68. The van der Waals surface area contributed by atoms with Crippen molar-refractivity contribution in [1.82, 2.24) is 4.72 Å². The van der Waals surface area contributed by atoms with Gasteiger partial charge in [-0.05, 0) is 30.7 Å². The fourth-order valence-corrected chi connectivity index (χ4v) is 3.70. The SMILES string of the molecule is CCCCNS(=O)(=O)c1cccc(NC(=O)Cc2ccc(OC)cc2OC)c1. The molecule has 2 aromatic carbocycles. The van der Waals surface area contributed by atoms with E-state index in [1.54, 1.807) is 37.4 Å². The number of benzene rings is 2. The van der Waals surface area contributed by atoms with E-state index in [2.05, 4.69) is 10.0 Å². The van der Waals surface area contributed by atoms with Gasteiger partial charge in [-0.1, -0.05) is 25.5 Å². The summed E-state index contributed by atoms with van der Waals surface area (Å²) in [6.07, 6.45) is 1.74. The van der Waals surface area contributed by atoms with Crippen molar-refractivity contribution in [2.75, 3.05) is 26.1 Å².